The molecule has 0 aliphatic carbocycles. The molecule has 0 aliphatic heterocycles. The van der Waals surface area contributed by atoms with E-state index >= 15 is 0 Å². The first-order valence-electron chi connectivity index (χ1n) is 7.40. The second-order valence-corrected chi connectivity index (χ2v) is 7.94. The third-order valence-electron chi connectivity index (χ3n) is 3.63. The molecule has 0 amide bonds. The molecule has 0 saturated carbocycles. The number of thiazole rings is 1. The van der Waals surface area contributed by atoms with Crippen molar-refractivity contribution in [2.45, 2.75) is 18.7 Å². The molecule has 24 heavy (non-hydrogen) atoms. The molecule has 124 valence electrons. The number of azo groups is 1. The van der Waals surface area contributed by atoms with Gasteiger partial charge in [0.1, 0.15) is 5.69 Å². The van der Waals surface area contributed by atoms with E-state index in [2.05, 4.69) is 63.8 Å². The van der Waals surface area contributed by atoms with Crippen molar-refractivity contribution in [3.63, 3.8) is 0 Å². The van der Waals surface area contributed by atoms with Crippen LogP contribution in [0.3, 0.4) is 0 Å². The molecule has 0 spiro atoms. The van der Waals surface area contributed by atoms with Gasteiger partial charge < -0.3 is 4.90 Å². The Labute approximate surface area is 154 Å². The largest absolute Gasteiger partial charge is 0.377 e. The Hall–Kier alpha value is -1.57. The highest BCUT2D eigenvalue weighted by Gasteiger charge is 2.09. The molecular weight excluding hydrogens is 356 g/mol. The van der Waals surface area contributed by atoms with Crippen LogP contribution in [-0.2, 0) is 0 Å². The Balaban J connectivity index is 1.96. The van der Waals surface area contributed by atoms with Crippen LogP contribution in [-0.4, -0.2) is 19.1 Å². The van der Waals surface area contributed by atoms with Gasteiger partial charge in [0.2, 0.25) is 5.13 Å². The zero-order valence-corrected chi connectivity index (χ0v) is 16.5. The van der Waals surface area contributed by atoms with E-state index in [1.54, 1.807) is 11.3 Å². The number of rotatable bonds is 4. The van der Waals surface area contributed by atoms with Crippen molar-refractivity contribution in [1.82, 2.24) is 4.98 Å². The standard InChI is InChI=1S/C17H18N4S3/c1-10-5-6-12-15(7-10)23-17(18-12)20-19-13-8-11(2)14(21(3)4)9-16(13)24-22/h5-9,22H,1-4H3. The molecule has 0 radical (unpaired) electrons. The lowest BCUT2D eigenvalue weighted by Gasteiger charge is -2.17. The van der Waals surface area contributed by atoms with Gasteiger partial charge in [-0.2, -0.15) is 0 Å². The summed E-state index contributed by atoms with van der Waals surface area (Å²) in [6, 6.07) is 10.3. The van der Waals surface area contributed by atoms with E-state index in [-0.39, 0.29) is 0 Å². The average Bonchev–Trinajstić information content (AvgIpc) is 2.94. The molecule has 0 fully saturated rings. The van der Waals surface area contributed by atoms with Gasteiger partial charge >= 0.3 is 0 Å². The molecule has 7 heteroatoms. The molecule has 0 bridgehead atoms. The van der Waals surface area contributed by atoms with Gasteiger partial charge in [-0.15, -0.1) is 21.9 Å². The molecule has 0 atom stereocenters. The lowest BCUT2D eigenvalue weighted by atomic mass is 10.1. The highest BCUT2D eigenvalue weighted by atomic mass is 33.1. The van der Waals surface area contributed by atoms with Gasteiger partial charge in [0, 0.05) is 24.7 Å². The summed E-state index contributed by atoms with van der Waals surface area (Å²) in [7, 11) is 5.43. The second kappa shape index (κ2) is 7.13. The Bertz CT molecular complexity index is 916. The Morgan fingerprint density at radius 3 is 2.62 bits per heavy atom. The van der Waals surface area contributed by atoms with Crippen LogP contribution < -0.4 is 4.90 Å². The van der Waals surface area contributed by atoms with Crippen molar-refractivity contribution >= 4 is 60.5 Å². The molecule has 0 aliphatic rings. The van der Waals surface area contributed by atoms with Crippen LogP contribution in [0.15, 0.2) is 45.5 Å². The maximum absolute atomic E-state index is 4.52. The van der Waals surface area contributed by atoms with E-state index in [0.717, 1.165) is 32.1 Å². The fraction of sp³-hybridized carbons (Fsp3) is 0.235. The molecule has 1 heterocycles. The molecule has 3 rings (SSSR count). The van der Waals surface area contributed by atoms with Crippen molar-refractivity contribution in [2.75, 3.05) is 19.0 Å². The minimum absolute atomic E-state index is 0.667. The number of aromatic nitrogens is 1. The summed E-state index contributed by atoms with van der Waals surface area (Å²) >= 11 is 5.90. The first-order valence-corrected chi connectivity index (χ1v) is 10.1. The van der Waals surface area contributed by atoms with Crippen molar-refractivity contribution in [3.05, 3.63) is 41.5 Å². The number of thiol groups is 1. The summed E-state index contributed by atoms with van der Waals surface area (Å²) in [5.74, 6) is 0. The normalized spacial score (nSPS) is 11.5. The maximum Gasteiger partial charge on any atom is 0.231 e. The van der Waals surface area contributed by atoms with Crippen LogP contribution >= 0.6 is 33.8 Å². The molecule has 4 nitrogen and oxygen atoms in total. The SMILES string of the molecule is Cc1ccc2nc(N=Nc3cc(C)c(N(C)C)cc3SS)sc2c1. The smallest absolute Gasteiger partial charge is 0.231 e. The number of hydrogen-bond acceptors (Lipinski definition) is 7. The number of fused-ring (bicyclic) bond motifs is 1. The van der Waals surface area contributed by atoms with Crippen LogP contribution in [0.2, 0.25) is 0 Å². The first-order chi connectivity index (χ1) is 11.5. The molecule has 0 N–H and O–H groups in total. The molecule has 0 saturated heterocycles. The zero-order chi connectivity index (χ0) is 17.3. The van der Waals surface area contributed by atoms with Crippen LogP contribution in [0.25, 0.3) is 10.2 Å². The van der Waals surface area contributed by atoms with Crippen molar-refractivity contribution in [3.8, 4) is 0 Å². The maximum atomic E-state index is 4.52. The van der Waals surface area contributed by atoms with Crippen molar-refractivity contribution in [1.29, 1.82) is 0 Å². The van der Waals surface area contributed by atoms with Gasteiger partial charge in [0.05, 0.1) is 10.2 Å². The fourth-order valence-corrected chi connectivity index (χ4v) is 4.14. The Morgan fingerprint density at radius 2 is 1.92 bits per heavy atom. The summed E-state index contributed by atoms with van der Waals surface area (Å²) in [5.41, 5.74) is 5.30. The summed E-state index contributed by atoms with van der Waals surface area (Å²) in [6.45, 7) is 4.15. The molecule has 0 unspecified atom stereocenters. The lowest BCUT2D eigenvalue weighted by molar-refractivity contribution is 1.09. The number of hydrogen-bond donors (Lipinski definition) is 1. The topological polar surface area (TPSA) is 40.9 Å². The van der Waals surface area contributed by atoms with Crippen LogP contribution in [0.5, 0.6) is 0 Å². The summed E-state index contributed by atoms with van der Waals surface area (Å²) in [4.78, 5) is 7.58. The highest BCUT2D eigenvalue weighted by Crippen LogP contribution is 2.38. The summed E-state index contributed by atoms with van der Waals surface area (Å²) in [6.07, 6.45) is 0. The van der Waals surface area contributed by atoms with E-state index in [4.69, 9.17) is 0 Å². The molecule has 1 aromatic heterocycles. The van der Waals surface area contributed by atoms with Gasteiger partial charge in [-0.05, 0) is 49.2 Å². The first kappa shape index (κ1) is 17.3. The number of nitrogens with zero attached hydrogens (tertiary/aromatic N) is 4. The van der Waals surface area contributed by atoms with E-state index in [9.17, 15) is 0 Å². The van der Waals surface area contributed by atoms with Gasteiger partial charge in [0.15, 0.2) is 0 Å². The van der Waals surface area contributed by atoms with Crippen LogP contribution in [0.4, 0.5) is 16.5 Å². The number of anilines is 1. The third kappa shape index (κ3) is 3.58. The number of aryl methyl sites for hydroxylation is 2. The quantitative estimate of drug-likeness (QED) is 0.329. The number of benzene rings is 2. The van der Waals surface area contributed by atoms with Gasteiger partial charge in [-0.3, -0.25) is 0 Å². The highest BCUT2D eigenvalue weighted by molar-refractivity contribution is 8.68. The van der Waals surface area contributed by atoms with E-state index < -0.39 is 0 Å². The van der Waals surface area contributed by atoms with Crippen molar-refractivity contribution < 1.29 is 0 Å². The Kier molecular flexibility index (Phi) is 5.12. The Morgan fingerprint density at radius 1 is 1.12 bits per heavy atom. The molecule has 2 aromatic carbocycles. The predicted octanol–water partition coefficient (Wildman–Crippen LogP) is 6.33. The fourth-order valence-electron chi connectivity index (χ4n) is 2.45. The van der Waals surface area contributed by atoms with E-state index in [0.29, 0.717) is 5.13 Å². The van der Waals surface area contributed by atoms with Gasteiger partial charge in [-0.25, -0.2) is 4.98 Å². The van der Waals surface area contributed by atoms with E-state index in [1.165, 1.54) is 16.4 Å². The average molecular weight is 375 g/mol. The molecular formula is C17H18N4S3. The van der Waals surface area contributed by atoms with E-state index in [1.807, 2.05) is 26.2 Å². The molecule has 3 aromatic rings. The second-order valence-electron chi connectivity index (χ2n) is 5.76. The monoisotopic (exact) mass is 374 g/mol. The summed E-state index contributed by atoms with van der Waals surface area (Å²) in [5, 5.41) is 9.42. The summed E-state index contributed by atoms with van der Waals surface area (Å²) < 4.78 is 1.13. The van der Waals surface area contributed by atoms with Crippen LogP contribution in [0, 0.1) is 13.8 Å². The van der Waals surface area contributed by atoms with Crippen molar-refractivity contribution in [2.24, 2.45) is 10.2 Å². The third-order valence-corrected chi connectivity index (χ3v) is 5.65. The minimum atomic E-state index is 0.667. The predicted molar refractivity (Wildman–Crippen MR) is 109 cm³/mol. The van der Waals surface area contributed by atoms with Crippen LogP contribution in [0.1, 0.15) is 11.1 Å². The minimum Gasteiger partial charge on any atom is -0.377 e. The van der Waals surface area contributed by atoms with Gasteiger partial charge in [0.25, 0.3) is 0 Å². The zero-order valence-electron chi connectivity index (χ0n) is 13.9. The van der Waals surface area contributed by atoms with Gasteiger partial charge in [-0.1, -0.05) is 28.2 Å². The lowest BCUT2D eigenvalue weighted by Crippen LogP contribution is -2.10.